The summed E-state index contributed by atoms with van der Waals surface area (Å²) in [5.74, 6) is -2.18. The van der Waals surface area contributed by atoms with E-state index in [0.717, 1.165) is 27.5 Å². The molecule has 0 spiro atoms. The Morgan fingerprint density at radius 3 is 2.38 bits per heavy atom. The maximum Gasteiger partial charge on any atom is 0.287 e. The molecule has 4 aromatic rings. The summed E-state index contributed by atoms with van der Waals surface area (Å²) in [4.78, 5) is 7.19. The number of rotatable bonds is 1. The summed E-state index contributed by atoms with van der Waals surface area (Å²) < 4.78 is 31.9. The van der Waals surface area contributed by atoms with Crippen LogP contribution in [0, 0.1) is 36.5 Å². The Morgan fingerprint density at radius 2 is 1.78 bits per heavy atom. The van der Waals surface area contributed by atoms with Crippen molar-refractivity contribution in [1.82, 2.24) is 4.98 Å². The average Bonchev–Trinajstić information content (AvgIpc) is 2.75. The summed E-state index contributed by atoms with van der Waals surface area (Å²) in [6.07, 6.45) is 1.44. The lowest BCUT2D eigenvalue weighted by atomic mass is 9.80. The average molecular weight is 427 g/mol. The predicted molar refractivity (Wildman–Crippen MR) is 120 cm³/mol. The van der Waals surface area contributed by atoms with Gasteiger partial charge in [0.15, 0.2) is 5.82 Å². The first-order valence-electron chi connectivity index (χ1n) is 10.1. The second kappa shape index (κ2) is 7.35. The summed E-state index contributed by atoms with van der Waals surface area (Å²) in [6.45, 7) is 15.6. The Labute approximate surface area is 185 Å². The highest BCUT2D eigenvalue weighted by Gasteiger charge is 2.30. The fraction of sp³-hybridized carbons (Fsp3) is 0.231. The number of fused-ring (bicyclic) bond motifs is 2. The van der Waals surface area contributed by atoms with E-state index in [1.165, 1.54) is 6.33 Å². The number of hydrogen-bond acceptors (Lipinski definition) is 2. The molecule has 0 saturated heterocycles. The number of benzene rings is 3. The molecule has 0 amide bonds. The molecule has 3 aromatic carbocycles. The van der Waals surface area contributed by atoms with E-state index in [2.05, 4.69) is 36.7 Å². The zero-order valence-electron chi connectivity index (χ0n) is 18.5. The molecule has 0 unspecified atom stereocenters. The Balaban J connectivity index is 2.28. The van der Waals surface area contributed by atoms with Crippen LogP contribution in [0.3, 0.4) is 0 Å². The number of aromatic nitrogens is 2. The van der Waals surface area contributed by atoms with Crippen molar-refractivity contribution in [2.75, 3.05) is 0 Å². The van der Waals surface area contributed by atoms with E-state index in [1.807, 2.05) is 31.2 Å². The molecule has 0 atom stereocenters. The van der Waals surface area contributed by atoms with Crippen LogP contribution in [0.4, 0.5) is 14.5 Å². The Hall–Kier alpha value is -3.90. The predicted octanol–water partition coefficient (Wildman–Crippen LogP) is 6.19. The van der Waals surface area contributed by atoms with Gasteiger partial charge >= 0.3 is 0 Å². The third-order valence-corrected chi connectivity index (χ3v) is 5.88. The van der Waals surface area contributed by atoms with Crippen LogP contribution in [0.2, 0.25) is 0 Å². The lowest BCUT2D eigenvalue weighted by molar-refractivity contribution is -0.662. The van der Waals surface area contributed by atoms with Gasteiger partial charge in [-0.15, -0.1) is 0 Å². The van der Waals surface area contributed by atoms with Crippen molar-refractivity contribution in [2.45, 2.75) is 33.1 Å². The second-order valence-electron chi connectivity index (χ2n) is 8.90. The van der Waals surface area contributed by atoms with Gasteiger partial charge in [0.05, 0.1) is 19.0 Å². The van der Waals surface area contributed by atoms with Crippen LogP contribution in [0.25, 0.3) is 37.8 Å². The molecule has 0 N–H and O–H groups in total. The van der Waals surface area contributed by atoms with Gasteiger partial charge in [-0.2, -0.15) is 5.26 Å². The molecule has 158 valence electrons. The highest BCUT2D eigenvalue weighted by molar-refractivity contribution is 6.01. The third-order valence-electron chi connectivity index (χ3n) is 5.88. The van der Waals surface area contributed by atoms with Crippen LogP contribution in [0.5, 0.6) is 0 Å². The van der Waals surface area contributed by atoms with Crippen molar-refractivity contribution >= 4 is 27.4 Å². The van der Waals surface area contributed by atoms with Crippen LogP contribution in [0.15, 0.2) is 36.7 Å². The topological polar surface area (TPSA) is 44.9 Å². The molecule has 32 heavy (non-hydrogen) atoms. The maximum atomic E-state index is 15.5. The zero-order valence-corrected chi connectivity index (χ0v) is 18.5. The minimum atomic E-state index is -1.18. The van der Waals surface area contributed by atoms with E-state index >= 15 is 4.39 Å². The number of nitriles is 1. The molecule has 0 radical (unpaired) electrons. The lowest BCUT2D eigenvalue weighted by Crippen LogP contribution is -2.32. The Bertz CT molecular complexity index is 1520. The summed E-state index contributed by atoms with van der Waals surface area (Å²) >= 11 is 0. The highest BCUT2D eigenvalue weighted by atomic mass is 19.1. The molecular weight excluding hydrogens is 406 g/mol. The minimum Gasteiger partial charge on any atom is -0.232 e. The van der Waals surface area contributed by atoms with E-state index in [1.54, 1.807) is 17.7 Å². The molecule has 0 fully saturated rings. The number of aryl methyl sites for hydroxylation is 2. The van der Waals surface area contributed by atoms with Gasteiger partial charge in [-0.05, 0) is 45.3 Å². The van der Waals surface area contributed by atoms with Gasteiger partial charge in [0.2, 0.25) is 5.52 Å². The number of nitrogens with zero attached hydrogens (tertiary/aromatic N) is 4. The fourth-order valence-electron chi connectivity index (χ4n) is 4.30. The van der Waals surface area contributed by atoms with Gasteiger partial charge in [-0.3, -0.25) is 0 Å². The second-order valence-corrected chi connectivity index (χ2v) is 8.90. The van der Waals surface area contributed by atoms with Crippen LogP contribution >= 0.6 is 0 Å². The minimum absolute atomic E-state index is 0.0304. The van der Waals surface area contributed by atoms with Gasteiger partial charge in [0, 0.05) is 5.56 Å². The van der Waals surface area contributed by atoms with Crippen LogP contribution in [-0.2, 0) is 12.5 Å². The molecule has 0 aliphatic carbocycles. The fourth-order valence-corrected chi connectivity index (χ4v) is 4.30. The van der Waals surface area contributed by atoms with Crippen molar-refractivity contribution in [3.8, 4) is 17.3 Å². The molecular formula is C26H21F2N4+. The monoisotopic (exact) mass is 427 g/mol. The molecule has 1 aromatic heterocycles. The third kappa shape index (κ3) is 2.99. The molecule has 0 bridgehead atoms. The highest BCUT2D eigenvalue weighted by Crippen LogP contribution is 2.41. The quantitative estimate of drug-likeness (QED) is 0.269. The van der Waals surface area contributed by atoms with Crippen LogP contribution < -0.4 is 4.57 Å². The van der Waals surface area contributed by atoms with E-state index in [4.69, 9.17) is 6.57 Å². The summed E-state index contributed by atoms with van der Waals surface area (Å²) in [7, 11) is 1.72. The molecule has 1 heterocycles. The SMILES string of the molecule is [C-]#[N+]c1c(F)c(C#N)c2nc[n+](C)c(-c3cc(C(C)(C)C)c4ccccc4c3C)c2c1F. The molecule has 4 rings (SSSR count). The first-order chi connectivity index (χ1) is 15.1. The van der Waals surface area contributed by atoms with Gasteiger partial charge in [-0.1, -0.05) is 45.0 Å². The zero-order chi connectivity index (χ0) is 23.4. The normalized spacial score (nSPS) is 11.5. The molecule has 4 nitrogen and oxygen atoms in total. The molecule has 6 heteroatoms. The first-order valence-corrected chi connectivity index (χ1v) is 10.1. The Morgan fingerprint density at radius 1 is 1.12 bits per heavy atom. The Kier molecular flexibility index (Phi) is 4.90. The van der Waals surface area contributed by atoms with E-state index < -0.39 is 22.9 Å². The summed E-state index contributed by atoms with van der Waals surface area (Å²) in [6, 6.07) is 11.8. The summed E-state index contributed by atoms with van der Waals surface area (Å²) in [5, 5.41) is 11.6. The van der Waals surface area contributed by atoms with Gasteiger partial charge in [0.1, 0.15) is 23.1 Å². The van der Waals surface area contributed by atoms with Gasteiger partial charge < -0.3 is 0 Å². The maximum absolute atomic E-state index is 15.5. The van der Waals surface area contributed by atoms with Crippen molar-refractivity contribution in [2.24, 2.45) is 7.05 Å². The van der Waals surface area contributed by atoms with Crippen LogP contribution in [-0.4, -0.2) is 4.98 Å². The smallest absolute Gasteiger partial charge is 0.232 e. The van der Waals surface area contributed by atoms with Crippen molar-refractivity contribution in [3.63, 3.8) is 0 Å². The molecule has 0 aliphatic heterocycles. The van der Waals surface area contributed by atoms with Crippen molar-refractivity contribution in [1.29, 1.82) is 5.26 Å². The molecule has 0 aliphatic rings. The molecule has 0 saturated carbocycles. The van der Waals surface area contributed by atoms with Crippen molar-refractivity contribution in [3.05, 3.63) is 76.4 Å². The van der Waals surface area contributed by atoms with Crippen LogP contribution in [0.1, 0.15) is 37.5 Å². The van der Waals surface area contributed by atoms with E-state index in [0.29, 0.717) is 5.69 Å². The first kappa shape index (κ1) is 21.3. The van der Waals surface area contributed by atoms with Crippen molar-refractivity contribution < 1.29 is 13.3 Å². The van der Waals surface area contributed by atoms with E-state index in [9.17, 15) is 9.65 Å². The number of halogens is 2. The standard InChI is InChI=1S/C26H21F2N4/c1-14-15-9-7-8-10-16(15)19(26(2,3)4)11-17(14)25-20-22(28)24(30-5)21(27)18(12-29)23(20)31-13-32(25)6/h7-11,13H,1-4,6H3/q+1. The van der Waals surface area contributed by atoms with E-state index in [-0.39, 0.29) is 16.3 Å². The van der Waals surface area contributed by atoms with Gasteiger partial charge in [0.25, 0.3) is 12.0 Å². The van der Waals surface area contributed by atoms with Gasteiger partial charge in [-0.25, -0.2) is 18.2 Å². The largest absolute Gasteiger partial charge is 0.287 e. The lowest BCUT2D eigenvalue weighted by Gasteiger charge is -2.24. The summed E-state index contributed by atoms with van der Waals surface area (Å²) in [5.41, 5.74) is 1.68. The number of hydrogen-bond donors (Lipinski definition) is 0.